The van der Waals surface area contributed by atoms with Crippen LogP contribution < -0.4 is 0 Å². The lowest BCUT2D eigenvalue weighted by Crippen LogP contribution is -2.22. The molecule has 0 spiro atoms. The molecule has 1 heterocycles. The number of carbonyl (C=O) groups is 1. The predicted octanol–water partition coefficient (Wildman–Crippen LogP) is 3.46. The Morgan fingerprint density at radius 3 is 2.88 bits per heavy atom. The first-order valence-corrected chi connectivity index (χ1v) is 7.37. The van der Waals surface area contributed by atoms with E-state index in [9.17, 15) is 4.79 Å². The maximum absolute atomic E-state index is 11.8. The fraction of sp³-hybridized carbons (Fsp3) is 0.643. The number of Topliss-reactive ketones (excluding diaryl/α,β-unsaturated/α-hetero) is 1. The Labute approximate surface area is 107 Å². The molecular weight excluding hydrogens is 232 g/mol. The van der Waals surface area contributed by atoms with Gasteiger partial charge in [-0.1, -0.05) is 25.3 Å². The van der Waals surface area contributed by atoms with Crippen molar-refractivity contribution in [2.45, 2.75) is 38.5 Å². The maximum Gasteiger partial charge on any atom is 0.161 e. The molecule has 2 rings (SSSR count). The predicted molar refractivity (Wildman–Crippen MR) is 70.4 cm³/mol. The Balaban J connectivity index is 1.59. The van der Waals surface area contributed by atoms with Crippen molar-refractivity contribution in [1.82, 2.24) is 0 Å². The lowest BCUT2D eigenvalue weighted by Gasteiger charge is -2.19. The number of rotatable bonds is 6. The van der Waals surface area contributed by atoms with Gasteiger partial charge in [0, 0.05) is 17.2 Å². The van der Waals surface area contributed by atoms with Gasteiger partial charge in [0.15, 0.2) is 5.78 Å². The van der Waals surface area contributed by atoms with Crippen LogP contribution in [0, 0.1) is 5.92 Å². The zero-order chi connectivity index (χ0) is 11.9. The monoisotopic (exact) mass is 252 g/mol. The average molecular weight is 252 g/mol. The summed E-state index contributed by atoms with van der Waals surface area (Å²) in [5.74, 6) is 0.598. The number of hydrogen-bond acceptors (Lipinski definition) is 3. The number of carbonyl (C=O) groups excluding carboxylic acids is 1. The quantitative estimate of drug-likeness (QED) is 0.725. The van der Waals surface area contributed by atoms with Gasteiger partial charge in [0.25, 0.3) is 0 Å². The van der Waals surface area contributed by atoms with E-state index in [4.69, 9.17) is 4.74 Å². The Bertz CT molecular complexity index is 326. The van der Waals surface area contributed by atoms with Gasteiger partial charge in [-0.2, -0.15) is 0 Å². The fourth-order valence-corrected chi connectivity index (χ4v) is 3.03. The molecule has 0 amide bonds. The highest BCUT2D eigenvalue weighted by Crippen LogP contribution is 2.24. The van der Waals surface area contributed by atoms with Gasteiger partial charge in [0.2, 0.25) is 0 Å². The van der Waals surface area contributed by atoms with Crippen LogP contribution in [0.1, 0.15) is 37.0 Å². The van der Waals surface area contributed by atoms with Crippen LogP contribution in [0.5, 0.6) is 0 Å². The second-order valence-electron chi connectivity index (χ2n) is 4.68. The van der Waals surface area contributed by atoms with E-state index in [1.54, 1.807) is 11.3 Å². The van der Waals surface area contributed by atoms with Crippen molar-refractivity contribution in [1.29, 1.82) is 0 Å². The highest BCUT2D eigenvalue weighted by Gasteiger charge is 2.20. The van der Waals surface area contributed by atoms with E-state index in [0.29, 0.717) is 19.0 Å². The van der Waals surface area contributed by atoms with Gasteiger partial charge >= 0.3 is 0 Å². The van der Waals surface area contributed by atoms with E-state index >= 15 is 0 Å². The summed E-state index contributed by atoms with van der Waals surface area (Å²) in [4.78, 5) is 13.2. The van der Waals surface area contributed by atoms with Crippen LogP contribution in [0.3, 0.4) is 0 Å². The highest BCUT2D eigenvalue weighted by molar-refractivity contribution is 7.09. The molecule has 1 aliphatic carbocycles. The van der Waals surface area contributed by atoms with Gasteiger partial charge in [-0.15, -0.1) is 11.3 Å². The summed E-state index contributed by atoms with van der Waals surface area (Å²) in [6, 6.07) is 4.16. The van der Waals surface area contributed by atoms with E-state index < -0.39 is 0 Å². The van der Waals surface area contributed by atoms with Crippen LogP contribution >= 0.6 is 11.3 Å². The van der Waals surface area contributed by atoms with Crippen LogP contribution in [0.15, 0.2) is 17.5 Å². The fourth-order valence-electron chi connectivity index (χ4n) is 2.34. The molecule has 0 bridgehead atoms. The van der Waals surface area contributed by atoms with Crippen molar-refractivity contribution in [3.63, 3.8) is 0 Å². The Kier molecular flexibility index (Phi) is 5.20. The van der Waals surface area contributed by atoms with Crippen molar-refractivity contribution >= 4 is 17.1 Å². The van der Waals surface area contributed by atoms with Gasteiger partial charge in [-0.3, -0.25) is 4.79 Å². The minimum absolute atomic E-state index is 0.283. The topological polar surface area (TPSA) is 26.3 Å². The third kappa shape index (κ3) is 4.25. The molecule has 0 aromatic carbocycles. The smallest absolute Gasteiger partial charge is 0.161 e. The lowest BCUT2D eigenvalue weighted by atomic mass is 9.86. The summed E-state index contributed by atoms with van der Waals surface area (Å²) < 4.78 is 5.48. The largest absolute Gasteiger partial charge is 0.373 e. The molecule has 0 atom stereocenters. The summed E-state index contributed by atoms with van der Waals surface area (Å²) in [6.07, 6.45) is 6.80. The van der Waals surface area contributed by atoms with Gasteiger partial charge in [0.05, 0.1) is 6.61 Å². The van der Waals surface area contributed by atoms with Gasteiger partial charge < -0.3 is 4.74 Å². The van der Waals surface area contributed by atoms with Crippen LogP contribution in [-0.2, 0) is 16.0 Å². The molecule has 3 heteroatoms. The molecule has 1 fully saturated rings. The van der Waals surface area contributed by atoms with E-state index in [0.717, 1.165) is 19.3 Å². The van der Waals surface area contributed by atoms with Crippen molar-refractivity contribution in [2.24, 2.45) is 5.92 Å². The van der Waals surface area contributed by atoms with Crippen molar-refractivity contribution < 1.29 is 9.53 Å². The molecule has 1 aliphatic rings. The molecule has 94 valence electrons. The zero-order valence-corrected chi connectivity index (χ0v) is 11.0. The molecule has 2 nitrogen and oxygen atoms in total. The van der Waals surface area contributed by atoms with Crippen LogP contribution in [0.4, 0.5) is 0 Å². The third-order valence-electron chi connectivity index (χ3n) is 3.38. The number of hydrogen-bond donors (Lipinski definition) is 0. The summed E-state index contributed by atoms with van der Waals surface area (Å²) in [5.41, 5.74) is 0. The molecular formula is C14H20O2S. The average Bonchev–Trinajstić information content (AvgIpc) is 2.88. The molecule has 17 heavy (non-hydrogen) atoms. The minimum Gasteiger partial charge on any atom is -0.373 e. The molecule has 1 aromatic heterocycles. The lowest BCUT2D eigenvalue weighted by molar-refractivity contribution is -0.128. The summed E-state index contributed by atoms with van der Waals surface area (Å²) in [5, 5.41) is 2.07. The second kappa shape index (κ2) is 6.92. The van der Waals surface area contributed by atoms with Gasteiger partial charge in [0.1, 0.15) is 6.61 Å². The Morgan fingerprint density at radius 1 is 1.35 bits per heavy atom. The number of ether oxygens (including phenoxy) is 1. The van der Waals surface area contributed by atoms with Crippen molar-refractivity contribution in [2.75, 3.05) is 13.2 Å². The molecule has 0 N–H and O–H groups in total. The van der Waals surface area contributed by atoms with Crippen LogP contribution in [0.25, 0.3) is 0 Å². The molecule has 0 radical (unpaired) electrons. The first-order valence-electron chi connectivity index (χ1n) is 6.49. The Hall–Kier alpha value is -0.670. The van der Waals surface area contributed by atoms with E-state index in [-0.39, 0.29) is 5.92 Å². The molecule has 0 aliphatic heterocycles. The van der Waals surface area contributed by atoms with Crippen molar-refractivity contribution in [3.8, 4) is 0 Å². The maximum atomic E-state index is 11.8. The zero-order valence-electron chi connectivity index (χ0n) is 10.2. The first kappa shape index (κ1) is 12.8. The second-order valence-corrected chi connectivity index (χ2v) is 5.72. The standard InChI is InChI=1S/C14H20O2S/c15-14(12-5-2-1-3-6-12)11-16-9-8-13-7-4-10-17-13/h4,7,10,12H,1-3,5-6,8-9,11H2. The van der Waals surface area contributed by atoms with Crippen LogP contribution in [0.2, 0.25) is 0 Å². The molecule has 1 saturated carbocycles. The SMILES string of the molecule is O=C(COCCc1cccs1)C1CCCCC1. The highest BCUT2D eigenvalue weighted by atomic mass is 32.1. The first-order chi connectivity index (χ1) is 8.36. The normalized spacial score (nSPS) is 17.2. The molecule has 1 aromatic rings. The van der Waals surface area contributed by atoms with E-state index in [2.05, 4.69) is 11.4 Å². The molecule has 0 saturated heterocycles. The minimum atomic E-state index is 0.283. The summed E-state index contributed by atoms with van der Waals surface area (Å²) >= 11 is 1.74. The summed E-state index contributed by atoms with van der Waals surface area (Å²) in [7, 11) is 0. The number of thiophene rings is 1. The molecule has 0 unspecified atom stereocenters. The van der Waals surface area contributed by atoms with Crippen LogP contribution in [-0.4, -0.2) is 19.0 Å². The van der Waals surface area contributed by atoms with E-state index in [1.165, 1.54) is 24.1 Å². The number of ketones is 1. The third-order valence-corrected chi connectivity index (χ3v) is 4.31. The Morgan fingerprint density at radius 2 is 2.18 bits per heavy atom. The van der Waals surface area contributed by atoms with Crippen molar-refractivity contribution in [3.05, 3.63) is 22.4 Å². The van der Waals surface area contributed by atoms with E-state index in [1.807, 2.05) is 6.07 Å². The summed E-state index contributed by atoms with van der Waals surface area (Å²) in [6.45, 7) is 0.981. The van der Waals surface area contributed by atoms with Gasteiger partial charge in [-0.05, 0) is 24.3 Å². The van der Waals surface area contributed by atoms with Gasteiger partial charge in [-0.25, -0.2) is 0 Å².